The summed E-state index contributed by atoms with van der Waals surface area (Å²) < 4.78 is 0. The predicted molar refractivity (Wildman–Crippen MR) is 62.3 cm³/mol. The van der Waals surface area contributed by atoms with Crippen molar-refractivity contribution in [2.45, 2.75) is 58.4 Å². The van der Waals surface area contributed by atoms with Crippen LogP contribution in [0.25, 0.3) is 0 Å². The lowest BCUT2D eigenvalue weighted by Crippen LogP contribution is -2.40. The monoisotopic (exact) mass is 198 g/mol. The normalized spacial score (nSPS) is 20.8. The van der Waals surface area contributed by atoms with E-state index in [2.05, 4.69) is 19.2 Å². The van der Waals surface area contributed by atoms with Gasteiger partial charge in [0.1, 0.15) is 0 Å². The van der Waals surface area contributed by atoms with Crippen LogP contribution in [0.15, 0.2) is 0 Å². The van der Waals surface area contributed by atoms with Crippen LogP contribution in [0.3, 0.4) is 0 Å². The molecule has 0 radical (unpaired) electrons. The van der Waals surface area contributed by atoms with Gasteiger partial charge in [-0.2, -0.15) is 0 Å². The van der Waals surface area contributed by atoms with Crippen molar-refractivity contribution in [1.82, 2.24) is 5.32 Å². The van der Waals surface area contributed by atoms with Crippen molar-refractivity contribution in [3.8, 4) is 0 Å². The molecule has 1 aliphatic rings. The first kappa shape index (κ1) is 12.0. The zero-order valence-electron chi connectivity index (χ0n) is 9.81. The molecule has 0 aliphatic heterocycles. The number of nitrogens with two attached hydrogens (primary N) is 1. The van der Waals surface area contributed by atoms with Crippen LogP contribution in [0.5, 0.6) is 0 Å². The molecule has 0 spiro atoms. The van der Waals surface area contributed by atoms with E-state index in [0.29, 0.717) is 0 Å². The van der Waals surface area contributed by atoms with Crippen LogP contribution in [-0.4, -0.2) is 19.1 Å². The zero-order chi connectivity index (χ0) is 10.4. The summed E-state index contributed by atoms with van der Waals surface area (Å²) in [6.45, 7) is 6.30. The summed E-state index contributed by atoms with van der Waals surface area (Å²) in [4.78, 5) is 0. The minimum Gasteiger partial charge on any atom is -0.330 e. The van der Waals surface area contributed by atoms with Gasteiger partial charge in [-0.05, 0) is 24.8 Å². The van der Waals surface area contributed by atoms with E-state index in [1.807, 2.05) is 0 Å². The first-order valence-corrected chi connectivity index (χ1v) is 6.07. The van der Waals surface area contributed by atoms with E-state index >= 15 is 0 Å². The summed E-state index contributed by atoms with van der Waals surface area (Å²) in [6, 6.07) is 0.753. The molecule has 0 aromatic carbocycles. The summed E-state index contributed by atoms with van der Waals surface area (Å²) in [5.74, 6) is 0. The van der Waals surface area contributed by atoms with Crippen LogP contribution < -0.4 is 11.1 Å². The standard InChI is InChI=1S/C12H26N2/c1-12(2,9-13)10-14-11-7-5-3-4-6-8-11/h11,14H,3-10,13H2,1-2H3. The molecule has 1 saturated carbocycles. The van der Waals surface area contributed by atoms with Gasteiger partial charge in [-0.15, -0.1) is 0 Å². The Bertz CT molecular complexity index is 146. The maximum absolute atomic E-state index is 5.71. The highest BCUT2D eigenvalue weighted by Crippen LogP contribution is 2.18. The fourth-order valence-electron chi connectivity index (χ4n) is 1.98. The highest BCUT2D eigenvalue weighted by atomic mass is 14.9. The van der Waals surface area contributed by atoms with Crippen LogP contribution >= 0.6 is 0 Å². The Morgan fingerprint density at radius 3 is 2.21 bits per heavy atom. The van der Waals surface area contributed by atoms with Crippen LogP contribution in [0.2, 0.25) is 0 Å². The van der Waals surface area contributed by atoms with Gasteiger partial charge in [0.2, 0.25) is 0 Å². The van der Waals surface area contributed by atoms with Crippen molar-refractivity contribution in [1.29, 1.82) is 0 Å². The van der Waals surface area contributed by atoms with Gasteiger partial charge in [-0.3, -0.25) is 0 Å². The number of nitrogens with one attached hydrogen (secondary N) is 1. The smallest absolute Gasteiger partial charge is 0.00673 e. The van der Waals surface area contributed by atoms with Crippen LogP contribution in [-0.2, 0) is 0 Å². The topological polar surface area (TPSA) is 38.0 Å². The Labute approximate surface area is 88.6 Å². The Kier molecular flexibility index (Phi) is 4.90. The third-order valence-electron chi connectivity index (χ3n) is 3.28. The van der Waals surface area contributed by atoms with Crippen molar-refractivity contribution in [3.05, 3.63) is 0 Å². The molecule has 0 saturated heterocycles. The lowest BCUT2D eigenvalue weighted by atomic mass is 9.93. The number of hydrogen-bond acceptors (Lipinski definition) is 2. The van der Waals surface area contributed by atoms with E-state index in [1.54, 1.807) is 0 Å². The highest BCUT2D eigenvalue weighted by Gasteiger charge is 2.18. The fraction of sp³-hybridized carbons (Fsp3) is 1.00. The molecular formula is C12H26N2. The molecule has 0 aromatic rings. The van der Waals surface area contributed by atoms with Crippen molar-refractivity contribution in [2.24, 2.45) is 11.1 Å². The molecular weight excluding hydrogens is 172 g/mol. The lowest BCUT2D eigenvalue weighted by Gasteiger charge is -2.26. The van der Waals surface area contributed by atoms with Gasteiger partial charge in [0.25, 0.3) is 0 Å². The van der Waals surface area contributed by atoms with Gasteiger partial charge in [-0.1, -0.05) is 39.5 Å². The van der Waals surface area contributed by atoms with Crippen molar-refractivity contribution in [3.63, 3.8) is 0 Å². The van der Waals surface area contributed by atoms with Crippen molar-refractivity contribution >= 4 is 0 Å². The first-order valence-electron chi connectivity index (χ1n) is 6.07. The van der Waals surface area contributed by atoms with Crippen LogP contribution in [0, 0.1) is 5.41 Å². The maximum Gasteiger partial charge on any atom is 0.00673 e. The van der Waals surface area contributed by atoms with E-state index in [1.165, 1.54) is 38.5 Å². The average molecular weight is 198 g/mol. The summed E-state index contributed by atoms with van der Waals surface area (Å²) in [5, 5.41) is 3.67. The number of rotatable bonds is 4. The second kappa shape index (κ2) is 5.72. The molecule has 1 aliphatic carbocycles. The summed E-state index contributed by atoms with van der Waals surface area (Å²) >= 11 is 0. The molecule has 1 rings (SSSR count). The van der Waals surface area contributed by atoms with Gasteiger partial charge in [0, 0.05) is 12.6 Å². The molecule has 0 atom stereocenters. The Hall–Kier alpha value is -0.0800. The molecule has 3 N–H and O–H groups in total. The summed E-state index contributed by atoms with van der Waals surface area (Å²) in [5.41, 5.74) is 5.97. The molecule has 0 bridgehead atoms. The van der Waals surface area contributed by atoms with Gasteiger partial charge in [0.15, 0.2) is 0 Å². The highest BCUT2D eigenvalue weighted by molar-refractivity contribution is 4.77. The fourth-order valence-corrected chi connectivity index (χ4v) is 1.98. The van der Waals surface area contributed by atoms with Crippen molar-refractivity contribution in [2.75, 3.05) is 13.1 Å². The largest absolute Gasteiger partial charge is 0.330 e. The first-order chi connectivity index (χ1) is 6.64. The van der Waals surface area contributed by atoms with E-state index in [9.17, 15) is 0 Å². The van der Waals surface area contributed by atoms with Gasteiger partial charge in [-0.25, -0.2) is 0 Å². The molecule has 0 unspecified atom stereocenters. The number of hydrogen-bond donors (Lipinski definition) is 2. The second-order valence-corrected chi connectivity index (χ2v) is 5.44. The minimum atomic E-state index is 0.256. The van der Waals surface area contributed by atoms with Gasteiger partial charge < -0.3 is 11.1 Å². The molecule has 0 amide bonds. The third-order valence-corrected chi connectivity index (χ3v) is 3.28. The predicted octanol–water partition coefficient (Wildman–Crippen LogP) is 2.28. The molecule has 2 heteroatoms. The van der Waals surface area contributed by atoms with E-state index in [-0.39, 0.29) is 5.41 Å². The van der Waals surface area contributed by atoms with Crippen molar-refractivity contribution < 1.29 is 0 Å². The molecule has 2 nitrogen and oxygen atoms in total. The second-order valence-electron chi connectivity index (χ2n) is 5.44. The molecule has 14 heavy (non-hydrogen) atoms. The molecule has 0 heterocycles. The summed E-state index contributed by atoms with van der Waals surface area (Å²) in [7, 11) is 0. The zero-order valence-corrected chi connectivity index (χ0v) is 9.81. The molecule has 84 valence electrons. The molecule has 0 aromatic heterocycles. The maximum atomic E-state index is 5.71. The van der Waals surface area contributed by atoms with Crippen LogP contribution in [0.1, 0.15) is 52.4 Å². The molecule has 1 fully saturated rings. The van der Waals surface area contributed by atoms with E-state index in [0.717, 1.165) is 19.1 Å². The van der Waals surface area contributed by atoms with Crippen LogP contribution in [0.4, 0.5) is 0 Å². The third kappa shape index (κ3) is 4.43. The lowest BCUT2D eigenvalue weighted by molar-refractivity contribution is 0.317. The Balaban J connectivity index is 2.22. The Morgan fingerprint density at radius 2 is 1.71 bits per heavy atom. The SMILES string of the molecule is CC(C)(CN)CNC1CCCCCC1. The quantitative estimate of drug-likeness (QED) is 0.680. The average Bonchev–Trinajstić information content (AvgIpc) is 2.43. The summed E-state index contributed by atoms with van der Waals surface area (Å²) in [6.07, 6.45) is 8.39. The van der Waals surface area contributed by atoms with Gasteiger partial charge >= 0.3 is 0 Å². The van der Waals surface area contributed by atoms with Gasteiger partial charge in [0.05, 0.1) is 0 Å². The van der Waals surface area contributed by atoms with E-state index < -0.39 is 0 Å². The Morgan fingerprint density at radius 1 is 1.14 bits per heavy atom. The van der Waals surface area contributed by atoms with E-state index in [4.69, 9.17) is 5.73 Å². The minimum absolute atomic E-state index is 0.256.